The van der Waals surface area contributed by atoms with E-state index >= 15 is 0 Å². The predicted octanol–water partition coefficient (Wildman–Crippen LogP) is 2.50. The minimum atomic E-state index is -3.72. The average molecular weight is 475 g/mol. The van der Waals surface area contributed by atoms with Crippen molar-refractivity contribution in [1.82, 2.24) is 14.1 Å². The Morgan fingerprint density at radius 2 is 1.70 bits per heavy atom. The van der Waals surface area contributed by atoms with Crippen molar-refractivity contribution in [3.8, 4) is 0 Å². The van der Waals surface area contributed by atoms with Gasteiger partial charge in [-0.05, 0) is 69.4 Å². The number of likely N-dealkylation sites (N-methyl/N-ethyl adjacent to an activating group) is 1. The van der Waals surface area contributed by atoms with Crippen LogP contribution in [0.3, 0.4) is 0 Å². The third-order valence-electron chi connectivity index (χ3n) is 6.56. The Balaban J connectivity index is 1.45. The van der Waals surface area contributed by atoms with Gasteiger partial charge in [0.2, 0.25) is 10.0 Å². The van der Waals surface area contributed by atoms with E-state index in [4.69, 9.17) is 0 Å². The van der Waals surface area contributed by atoms with E-state index in [0.29, 0.717) is 50.9 Å². The minimum Gasteiger partial charge on any atom is -0.369 e. The smallest absolute Gasteiger partial charge is 0.253 e. The second kappa shape index (κ2) is 9.79. The summed E-state index contributed by atoms with van der Waals surface area (Å²) >= 11 is 0. The number of piperazine rings is 1. The number of hydrogen-bond acceptors (Lipinski definition) is 5. The molecular weight excluding hydrogens is 443 g/mol. The fourth-order valence-corrected chi connectivity index (χ4v) is 5.99. The zero-order valence-electron chi connectivity index (χ0n) is 19.2. The minimum absolute atomic E-state index is 0.125. The molecule has 2 aromatic rings. The zero-order chi connectivity index (χ0) is 23.6. The standard InChI is InChI=1S/C24H31FN4O3S/c1-26(2)22-6-4-12-28(18-22)24(30)19-5-3-7-23(17-19)33(31,32)29-15-13-27(14-16-29)21-10-8-20(25)9-11-21/h3,5,7-11,17,22H,4,6,12-16,18H2,1-2H3. The van der Waals surface area contributed by atoms with E-state index in [9.17, 15) is 17.6 Å². The fraction of sp³-hybridized carbons (Fsp3) is 0.458. The van der Waals surface area contributed by atoms with Gasteiger partial charge in [-0.2, -0.15) is 4.31 Å². The molecule has 0 aromatic heterocycles. The highest BCUT2D eigenvalue weighted by atomic mass is 32.2. The summed E-state index contributed by atoms with van der Waals surface area (Å²) in [5, 5.41) is 0. The monoisotopic (exact) mass is 474 g/mol. The predicted molar refractivity (Wildman–Crippen MR) is 126 cm³/mol. The van der Waals surface area contributed by atoms with E-state index < -0.39 is 10.0 Å². The number of nitrogens with zero attached hydrogens (tertiary/aromatic N) is 4. The lowest BCUT2D eigenvalue weighted by Gasteiger charge is -2.36. The van der Waals surface area contributed by atoms with Gasteiger partial charge in [0.1, 0.15) is 5.82 Å². The van der Waals surface area contributed by atoms with Crippen molar-refractivity contribution in [3.63, 3.8) is 0 Å². The van der Waals surface area contributed by atoms with E-state index in [1.807, 2.05) is 23.9 Å². The molecule has 0 bridgehead atoms. The zero-order valence-corrected chi connectivity index (χ0v) is 20.0. The maximum atomic E-state index is 13.3. The molecule has 2 saturated heterocycles. The number of carbonyl (C=O) groups excluding carboxylic acids is 1. The van der Waals surface area contributed by atoms with Gasteiger partial charge in [0, 0.05) is 56.6 Å². The van der Waals surface area contributed by atoms with Crippen LogP contribution in [0.1, 0.15) is 23.2 Å². The first kappa shape index (κ1) is 23.7. The summed E-state index contributed by atoms with van der Waals surface area (Å²) in [7, 11) is 0.313. The van der Waals surface area contributed by atoms with E-state index in [-0.39, 0.29) is 16.6 Å². The average Bonchev–Trinajstić information content (AvgIpc) is 2.84. The summed E-state index contributed by atoms with van der Waals surface area (Å²) in [6.07, 6.45) is 1.99. The van der Waals surface area contributed by atoms with Crippen molar-refractivity contribution in [2.75, 3.05) is 58.3 Å². The molecule has 7 nitrogen and oxygen atoms in total. The Kier molecular flexibility index (Phi) is 7.02. The molecule has 33 heavy (non-hydrogen) atoms. The Hall–Kier alpha value is -2.49. The van der Waals surface area contributed by atoms with E-state index in [1.54, 1.807) is 30.3 Å². The molecule has 1 atom stereocenters. The number of amides is 1. The highest BCUT2D eigenvalue weighted by molar-refractivity contribution is 7.89. The van der Waals surface area contributed by atoms with Crippen molar-refractivity contribution in [2.45, 2.75) is 23.8 Å². The molecule has 2 aliphatic rings. The number of piperidine rings is 1. The normalized spacial score (nSPS) is 20.3. The van der Waals surface area contributed by atoms with E-state index in [2.05, 4.69) is 4.90 Å². The number of halogens is 1. The molecule has 2 aromatic carbocycles. The van der Waals surface area contributed by atoms with Gasteiger partial charge < -0.3 is 14.7 Å². The van der Waals surface area contributed by atoms with Gasteiger partial charge >= 0.3 is 0 Å². The Morgan fingerprint density at radius 3 is 2.36 bits per heavy atom. The first-order valence-electron chi connectivity index (χ1n) is 11.3. The van der Waals surface area contributed by atoms with Gasteiger partial charge in [-0.3, -0.25) is 4.79 Å². The van der Waals surface area contributed by atoms with Crippen LogP contribution in [0.5, 0.6) is 0 Å². The number of rotatable bonds is 5. The largest absolute Gasteiger partial charge is 0.369 e. The molecule has 0 aliphatic carbocycles. The molecule has 0 saturated carbocycles. The lowest BCUT2D eigenvalue weighted by molar-refractivity contribution is 0.0635. The SMILES string of the molecule is CN(C)C1CCCN(C(=O)c2cccc(S(=O)(=O)N3CCN(c4ccc(F)cc4)CC3)c2)C1. The summed E-state index contributed by atoms with van der Waals surface area (Å²) in [5.74, 6) is -0.420. The number of sulfonamides is 1. The number of hydrogen-bond donors (Lipinski definition) is 0. The lowest BCUT2D eigenvalue weighted by atomic mass is 10.0. The van der Waals surface area contributed by atoms with E-state index in [1.165, 1.54) is 22.5 Å². The molecule has 2 heterocycles. The Labute approximate surface area is 195 Å². The van der Waals surface area contributed by atoms with Crippen molar-refractivity contribution in [2.24, 2.45) is 0 Å². The molecule has 178 valence electrons. The number of anilines is 1. The second-order valence-corrected chi connectivity index (χ2v) is 10.8. The Bertz CT molecular complexity index is 1080. The van der Waals surface area contributed by atoms with Crippen LogP contribution in [0, 0.1) is 5.82 Å². The molecule has 0 radical (unpaired) electrons. The fourth-order valence-electron chi connectivity index (χ4n) is 4.52. The van der Waals surface area contributed by atoms with Crippen LogP contribution in [-0.2, 0) is 10.0 Å². The van der Waals surface area contributed by atoms with Crippen molar-refractivity contribution in [3.05, 3.63) is 59.9 Å². The molecule has 4 rings (SSSR count). The molecule has 1 amide bonds. The second-order valence-electron chi connectivity index (χ2n) is 8.91. The van der Waals surface area contributed by atoms with Crippen LogP contribution in [0.15, 0.2) is 53.4 Å². The van der Waals surface area contributed by atoms with Crippen LogP contribution in [0.2, 0.25) is 0 Å². The molecule has 2 aliphatic heterocycles. The summed E-state index contributed by atoms with van der Waals surface area (Å²) in [6.45, 7) is 3.02. The molecule has 9 heteroatoms. The van der Waals surface area contributed by atoms with Gasteiger partial charge in [-0.1, -0.05) is 6.07 Å². The van der Waals surface area contributed by atoms with Gasteiger partial charge in [-0.15, -0.1) is 0 Å². The van der Waals surface area contributed by atoms with Gasteiger partial charge in [0.25, 0.3) is 5.91 Å². The third kappa shape index (κ3) is 5.20. The van der Waals surface area contributed by atoms with E-state index in [0.717, 1.165) is 18.5 Å². The number of carbonyl (C=O) groups is 1. The number of likely N-dealkylation sites (tertiary alicyclic amines) is 1. The van der Waals surface area contributed by atoms with Crippen molar-refractivity contribution >= 4 is 21.6 Å². The van der Waals surface area contributed by atoms with Gasteiger partial charge in [0.05, 0.1) is 4.90 Å². The van der Waals surface area contributed by atoms with Crippen LogP contribution >= 0.6 is 0 Å². The highest BCUT2D eigenvalue weighted by Gasteiger charge is 2.30. The quantitative estimate of drug-likeness (QED) is 0.666. The molecular formula is C24H31FN4O3S. The van der Waals surface area contributed by atoms with Crippen molar-refractivity contribution < 1.29 is 17.6 Å². The maximum absolute atomic E-state index is 13.3. The number of benzene rings is 2. The first-order chi connectivity index (χ1) is 15.8. The highest BCUT2D eigenvalue weighted by Crippen LogP contribution is 2.23. The van der Waals surface area contributed by atoms with Crippen LogP contribution < -0.4 is 4.90 Å². The topological polar surface area (TPSA) is 64.2 Å². The molecule has 2 fully saturated rings. The third-order valence-corrected chi connectivity index (χ3v) is 8.46. The van der Waals surface area contributed by atoms with Crippen LogP contribution in [-0.4, -0.2) is 87.8 Å². The van der Waals surface area contributed by atoms with Crippen molar-refractivity contribution in [1.29, 1.82) is 0 Å². The first-order valence-corrected chi connectivity index (χ1v) is 12.8. The molecule has 0 spiro atoms. The Morgan fingerprint density at radius 1 is 1.00 bits per heavy atom. The van der Waals surface area contributed by atoms with Crippen LogP contribution in [0.4, 0.5) is 10.1 Å². The lowest BCUT2D eigenvalue weighted by Crippen LogP contribution is -2.48. The molecule has 1 unspecified atom stereocenters. The summed E-state index contributed by atoms with van der Waals surface area (Å²) < 4.78 is 41.2. The molecule has 0 N–H and O–H groups in total. The summed E-state index contributed by atoms with van der Waals surface area (Å²) in [5.41, 5.74) is 1.28. The maximum Gasteiger partial charge on any atom is 0.253 e. The van der Waals surface area contributed by atoms with Crippen LogP contribution in [0.25, 0.3) is 0 Å². The summed E-state index contributed by atoms with van der Waals surface area (Å²) in [4.78, 5) is 19.3. The van der Waals surface area contributed by atoms with Gasteiger partial charge in [-0.25, -0.2) is 12.8 Å². The van der Waals surface area contributed by atoms with Gasteiger partial charge in [0.15, 0.2) is 0 Å². The summed E-state index contributed by atoms with van der Waals surface area (Å²) in [6, 6.07) is 12.9.